The molecule has 0 saturated heterocycles. The van der Waals surface area contributed by atoms with Crippen LogP contribution in [0.15, 0.2) is 60.7 Å². The van der Waals surface area contributed by atoms with E-state index in [1.165, 1.54) is 0 Å². The number of aromatic nitrogens is 2. The molecule has 132 valence electrons. The standard InChI is InChI=1S/C22H18N4O/c1-24-22(27)12-9-10-17-18(11-12)26-21(25-17)16-8-4-7-15-19(16)13-5-2-3-6-14(13)20(15)23/h2-11,20H,23H2,1H3,(H,24,27)(H,25,26). The average molecular weight is 354 g/mol. The van der Waals surface area contributed by atoms with Gasteiger partial charge in [-0.3, -0.25) is 4.79 Å². The summed E-state index contributed by atoms with van der Waals surface area (Å²) in [5, 5.41) is 2.65. The summed E-state index contributed by atoms with van der Waals surface area (Å²) in [4.78, 5) is 20.0. The lowest BCUT2D eigenvalue weighted by atomic mass is 9.99. The fourth-order valence-electron chi connectivity index (χ4n) is 3.91. The van der Waals surface area contributed by atoms with Crippen LogP contribution < -0.4 is 11.1 Å². The number of nitrogens with two attached hydrogens (primary N) is 1. The van der Waals surface area contributed by atoms with Crippen molar-refractivity contribution in [2.24, 2.45) is 5.73 Å². The number of amides is 1. The van der Waals surface area contributed by atoms with Crippen molar-refractivity contribution in [1.29, 1.82) is 0 Å². The molecule has 3 aromatic carbocycles. The van der Waals surface area contributed by atoms with Crippen molar-refractivity contribution >= 4 is 16.9 Å². The highest BCUT2D eigenvalue weighted by atomic mass is 16.1. The van der Waals surface area contributed by atoms with Gasteiger partial charge in [-0.2, -0.15) is 0 Å². The number of hydrogen-bond acceptors (Lipinski definition) is 3. The van der Waals surface area contributed by atoms with Gasteiger partial charge < -0.3 is 16.0 Å². The van der Waals surface area contributed by atoms with E-state index in [0.29, 0.717) is 5.56 Å². The first-order chi connectivity index (χ1) is 13.2. The van der Waals surface area contributed by atoms with Crippen molar-refractivity contribution in [3.63, 3.8) is 0 Å². The number of rotatable bonds is 2. The third-order valence-corrected chi connectivity index (χ3v) is 5.22. The van der Waals surface area contributed by atoms with Crippen LogP contribution in [0, 0.1) is 0 Å². The lowest BCUT2D eigenvalue weighted by Crippen LogP contribution is -2.17. The minimum Gasteiger partial charge on any atom is -0.355 e. The third-order valence-electron chi connectivity index (χ3n) is 5.22. The predicted octanol–water partition coefficient (Wildman–Crippen LogP) is 3.62. The summed E-state index contributed by atoms with van der Waals surface area (Å²) < 4.78 is 0. The average Bonchev–Trinajstić information content (AvgIpc) is 3.27. The van der Waals surface area contributed by atoms with E-state index in [-0.39, 0.29) is 11.9 Å². The maximum atomic E-state index is 11.9. The lowest BCUT2D eigenvalue weighted by molar-refractivity contribution is 0.0963. The molecule has 1 aliphatic rings. The molecule has 0 fully saturated rings. The lowest BCUT2D eigenvalue weighted by Gasteiger charge is -2.08. The maximum absolute atomic E-state index is 11.9. The largest absolute Gasteiger partial charge is 0.355 e. The Morgan fingerprint density at radius 3 is 2.67 bits per heavy atom. The molecule has 1 heterocycles. The molecule has 5 heteroatoms. The Morgan fingerprint density at radius 2 is 1.81 bits per heavy atom. The highest BCUT2D eigenvalue weighted by Gasteiger charge is 2.28. The van der Waals surface area contributed by atoms with Crippen LogP contribution in [0.5, 0.6) is 0 Å². The van der Waals surface area contributed by atoms with E-state index >= 15 is 0 Å². The van der Waals surface area contributed by atoms with Gasteiger partial charge in [-0.25, -0.2) is 4.98 Å². The molecular weight excluding hydrogens is 336 g/mol. The Morgan fingerprint density at radius 1 is 1.04 bits per heavy atom. The van der Waals surface area contributed by atoms with Gasteiger partial charge in [0.15, 0.2) is 0 Å². The van der Waals surface area contributed by atoms with E-state index in [0.717, 1.165) is 44.7 Å². The van der Waals surface area contributed by atoms with Crippen molar-refractivity contribution in [1.82, 2.24) is 15.3 Å². The first-order valence-corrected chi connectivity index (χ1v) is 8.87. The van der Waals surface area contributed by atoms with E-state index in [9.17, 15) is 4.79 Å². The summed E-state index contributed by atoms with van der Waals surface area (Å²) in [6.07, 6.45) is 0. The first kappa shape index (κ1) is 15.8. The van der Waals surface area contributed by atoms with Crippen molar-refractivity contribution in [2.75, 3.05) is 7.05 Å². The third kappa shape index (κ3) is 2.29. The summed E-state index contributed by atoms with van der Waals surface area (Å²) in [7, 11) is 1.62. The fraction of sp³-hybridized carbons (Fsp3) is 0.0909. The number of nitrogens with zero attached hydrogens (tertiary/aromatic N) is 1. The molecule has 0 aliphatic heterocycles. The number of aromatic amines is 1. The van der Waals surface area contributed by atoms with E-state index < -0.39 is 0 Å². The van der Waals surface area contributed by atoms with Gasteiger partial charge in [0.1, 0.15) is 5.82 Å². The van der Waals surface area contributed by atoms with Crippen LogP contribution in [0.1, 0.15) is 27.5 Å². The summed E-state index contributed by atoms with van der Waals surface area (Å²) >= 11 is 0. The SMILES string of the molecule is CNC(=O)c1ccc2nc(-c3cccc4c3-c3ccccc3C4N)[nH]c2c1. The Labute approximate surface area is 156 Å². The molecule has 0 radical (unpaired) electrons. The Balaban J connectivity index is 1.71. The molecule has 0 bridgehead atoms. The second-order valence-electron chi connectivity index (χ2n) is 6.73. The van der Waals surface area contributed by atoms with Crippen molar-refractivity contribution < 1.29 is 4.79 Å². The number of carbonyl (C=O) groups excluding carboxylic acids is 1. The molecule has 1 aromatic heterocycles. The number of fused-ring (bicyclic) bond motifs is 4. The first-order valence-electron chi connectivity index (χ1n) is 8.87. The van der Waals surface area contributed by atoms with Crippen LogP contribution >= 0.6 is 0 Å². The molecule has 1 amide bonds. The van der Waals surface area contributed by atoms with Crippen LogP contribution in [0.25, 0.3) is 33.5 Å². The van der Waals surface area contributed by atoms with Gasteiger partial charge >= 0.3 is 0 Å². The fourth-order valence-corrected chi connectivity index (χ4v) is 3.91. The number of H-pyrrole nitrogens is 1. The van der Waals surface area contributed by atoms with Gasteiger partial charge in [-0.15, -0.1) is 0 Å². The molecule has 0 spiro atoms. The molecular formula is C22H18N4O. The minimum absolute atomic E-state index is 0.117. The van der Waals surface area contributed by atoms with E-state index in [1.807, 2.05) is 30.3 Å². The summed E-state index contributed by atoms with van der Waals surface area (Å²) in [6.45, 7) is 0. The Bertz CT molecular complexity index is 1210. The van der Waals surface area contributed by atoms with Crippen molar-refractivity contribution in [2.45, 2.75) is 6.04 Å². The second kappa shape index (κ2) is 5.79. The zero-order valence-electron chi connectivity index (χ0n) is 14.8. The summed E-state index contributed by atoms with van der Waals surface area (Å²) in [6, 6.07) is 19.7. The van der Waals surface area contributed by atoms with Gasteiger partial charge in [-0.05, 0) is 40.5 Å². The van der Waals surface area contributed by atoms with Gasteiger partial charge in [0.25, 0.3) is 5.91 Å². The molecule has 4 N–H and O–H groups in total. The number of benzene rings is 3. The molecule has 27 heavy (non-hydrogen) atoms. The molecule has 1 unspecified atom stereocenters. The predicted molar refractivity (Wildman–Crippen MR) is 106 cm³/mol. The Hall–Kier alpha value is -3.44. The summed E-state index contributed by atoms with van der Waals surface area (Å²) in [5.41, 5.74) is 14.3. The number of carbonyl (C=O) groups is 1. The van der Waals surface area contributed by atoms with Crippen LogP contribution in [0.3, 0.4) is 0 Å². The number of hydrogen-bond donors (Lipinski definition) is 3. The zero-order valence-corrected chi connectivity index (χ0v) is 14.8. The molecule has 1 atom stereocenters. The van der Waals surface area contributed by atoms with Crippen LogP contribution in [-0.2, 0) is 0 Å². The monoisotopic (exact) mass is 354 g/mol. The normalized spacial score (nSPS) is 14.8. The number of imidazole rings is 1. The van der Waals surface area contributed by atoms with Crippen LogP contribution in [0.2, 0.25) is 0 Å². The minimum atomic E-state index is -0.125. The van der Waals surface area contributed by atoms with Crippen LogP contribution in [-0.4, -0.2) is 22.9 Å². The Kier molecular flexibility index (Phi) is 3.39. The quantitative estimate of drug-likeness (QED) is 0.514. The molecule has 0 saturated carbocycles. The molecule has 1 aliphatic carbocycles. The topological polar surface area (TPSA) is 83.8 Å². The zero-order chi connectivity index (χ0) is 18.5. The van der Waals surface area contributed by atoms with E-state index in [2.05, 4.69) is 34.6 Å². The molecule has 5 rings (SSSR count). The van der Waals surface area contributed by atoms with Crippen LogP contribution in [0.4, 0.5) is 0 Å². The van der Waals surface area contributed by atoms with Gasteiger partial charge in [0.2, 0.25) is 0 Å². The van der Waals surface area contributed by atoms with Gasteiger partial charge in [-0.1, -0.05) is 42.5 Å². The van der Waals surface area contributed by atoms with Crippen molar-refractivity contribution in [3.05, 3.63) is 77.4 Å². The van der Waals surface area contributed by atoms with Crippen molar-refractivity contribution in [3.8, 4) is 22.5 Å². The maximum Gasteiger partial charge on any atom is 0.251 e. The highest BCUT2D eigenvalue weighted by molar-refractivity contribution is 5.98. The smallest absolute Gasteiger partial charge is 0.251 e. The van der Waals surface area contributed by atoms with E-state index in [4.69, 9.17) is 10.7 Å². The highest BCUT2D eigenvalue weighted by Crippen LogP contribution is 2.46. The molecule has 4 aromatic rings. The van der Waals surface area contributed by atoms with E-state index in [1.54, 1.807) is 13.1 Å². The number of nitrogens with one attached hydrogen (secondary N) is 2. The second-order valence-corrected chi connectivity index (χ2v) is 6.73. The van der Waals surface area contributed by atoms with Gasteiger partial charge in [0.05, 0.1) is 17.1 Å². The van der Waals surface area contributed by atoms with Gasteiger partial charge in [0, 0.05) is 18.2 Å². The molecule has 5 nitrogen and oxygen atoms in total. The summed E-state index contributed by atoms with van der Waals surface area (Å²) in [5.74, 6) is 0.661.